The molecule has 29 heavy (non-hydrogen) atoms. The maximum Gasteiger partial charge on any atom is 0.309 e. The minimum atomic E-state index is -0.460. The second kappa shape index (κ2) is 11.2. The fraction of sp³-hybridized carbons (Fsp3) is 0.389. The number of carbonyl (C=O) groups is 2. The third-order valence-corrected chi connectivity index (χ3v) is 4.19. The van der Waals surface area contributed by atoms with Gasteiger partial charge < -0.3 is 20.7 Å². The molecule has 0 aliphatic carbocycles. The van der Waals surface area contributed by atoms with Crippen molar-refractivity contribution in [1.82, 2.24) is 20.3 Å². The molecule has 3 N–H and O–H groups in total. The molecule has 9 nitrogen and oxygen atoms in total. The van der Waals surface area contributed by atoms with Gasteiger partial charge in [0, 0.05) is 25.7 Å². The number of amides is 1. The van der Waals surface area contributed by atoms with Gasteiger partial charge in [-0.15, -0.1) is 0 Å². The van der Waals surface area contributed by atoms with Crippen LogP contribution in [0.2, 0.25) is 5.15 Å². The molecule has 0 unspecified atom stereocenters. The highest BCUT2D eigenvalue weighted by Crippen LogP contribution is 2.26. The quantitative estimate of drug-likeness (QED) is 0.301. The first-order chi connectivity index (χ1) is 13.9. The standard InChI is InChI=1S/C18H22ClFN6O3/c1-11(18(28)29-2)8-21-7-5-14(27)26-15-16(19)24-10-25-17(15)23-9-13-12(20)4-3-6-22-13/h3-4,6,10-11,21H,5,7-9H2,1-2H3,(H,26,27)(H,23,24,25)/t11-/m0/s1. The van der Waals surface area contributed by atoms with Gasteiger partial charge in [0.2, 0.25) is 5.91 Å². The number of aromatic nitrogens is 3. The molecule has 0 bridgehead atoms. The Morgan fingerprint density at radius 2 is 2.10 bits per heavy atom. The summed E-state index contributed by atoms with van der Waals surface area (Å²) in [7, 11) is 1.33. The number of rotatable bonds is 10. The minimum absolute atomic E-state index is 0.0459. The van der Waals surface area contributed by atoms with Gasteiger partial charge in [-0.05, 0) is 12.1 Å². The summed E-state index contributed by atoms with van der Waals surface area (Å²) in [5, 5.41) is 8.60. The Kier molecular flexibility index (Phi) is 8.68. The molecule has 1 amide bonds. The molecular formula is C18H22ClFN6O3. The Bertz CT molecular complexity index is 854. The van der Waals surface area contributed by atoms with Crippen LogP contribution in [-0.4, -0.2) is 47.0 Å². The highest BCUT2D eigenvalue weighted by molar-refractivity contribution is 6.33. The maximum absolute atomic E-state index is 13.7. The van der Waals surface area contributed by atoms with Crippen LogP contribution in [0.3, 0.4) is 0 Å². The van der Waals surface area contributed by atoms with Crippen LogP contribution >= 0.6 is 11.6 Å². The molecule has 0 aliphatic rings. The number of nitrogens with zero attached hydrogens (tertiary/aromatic N) is 3. The molecule has 2 aromatic heterocycles. The molecule has 11 heteroatoms. The van der Waals surface area contributed by atoms with E-state index in [9.17, 15) is 14.0 Å². The van der Waals surface area contributed by atoms with Crippen molar-refractivity contribution >= 4 is 35.0 Å². The molecule has 0 saturated heterocycles. The van der Waals surface area contributed by atoms with Gasteiger partial charge >= 0.3 is 5.97 Å². The summed E-state index contributed by atoms with van der Waals surface area (Å²) < 4.78 is 18.4. The Morgan fingerprint density at radius 3 is 2.83 bits per heavy atom. The fourth-order valence-electron chi connectivity index (χ4n) is 2.33. The number of hydrogen-bond acceptors (Lipinski definition) is 8. The first-order valence-electron chi connectivity index (χ1n) is 8.84. The lowest BCUT2D eigenvalue weighted by molar-refractivity contribution is -0.144. The van der Waals surface area contributed by atoms with Crippen LogP contribution in [0.4, 0.5) is 15.9 Å². The van der Waals surface area contributed by atoms with E-state index < -0.39 is 5.82 Å². The molecule has 0 saturated carbocycles. The van der Waals surface area contributed by atoms with Crippen molar-refractivity contribution in [3.05, 3.63) is 41.3 Å². The van der Waals surface area contributed by atoms with Crippen molar-refractivity contribution in [2.75, 3.05) is 30.8 Å². The average molecular weight is 425 g/mol. The topological polar surface area (TPSA) is 118 Å². The van der Waals surface area contributed by atoms with E-state index in [0.29, 0.717) is 13.1 Å². The third-order valence-electron chi connectivity index (χ3n) is 3.91. The number of methoxy groups -OCH3 is 1. The van der Waals surface area contributed by atoms with E-state index in [0.717, 1.165) is 0 Å². The SMILES string of the molecule is COC(=O)[C@@H](C)CNCCC(=O)Nc1c(Cl)ncnc1NCc1ncccc1F. The number of esters is 1. The summed E-state index contributed by atoms with van der Waals surface area (Å²) >= 11 is 6.08. The van der Waals surface area contributed by atoms with E-state index in [2.05, 4.69) is 35.6 Å². The maximum atomic E-state index is 13.7. The van der Waals surface area contributed by atoms with Crippen molar-refractivity contribution in [3.63, 3.8) is 0 Å². The van der Waals surface area contributed by atoms with Crippen LogP contribution in [0.15, 0.2) is 24.7 Å². The molecule has 0 radical (unpaired) electrons. The van der Waals surface area contributed by atoms with Gasteiger partial charge in [-0.1, -0.05) is 18.5 Å². The highest BCUT2D eigenvalue weighted by atomic mass is 35.5. The molecule has 0 aliphatic heterocycles. The van der Waals surface area contributed by atoms with Crippen molar-refractivity contribution in [2.45, 2.75) is 19.9 Å². The number of hydrogen-bond donors (Lipinski definition) is 3. The lowest BCUT2D eigenvalue weighted by atomic mass is 10.2. The van der Waals surface area contributed by atoms with E-state index in [1.54, 1.807) is 6.92 Å². The van der Waals surface area contributed by atoms with Crippen molar-refractivity contribution in [1.29, 1.82) is 0 Å². The zero-order valence-corrected chi connectivity index (χ0v) is 16.8. The number of anilines is 2. The van der Waals surface area contributed by atoms with E-state index in [1.165, 1.54) is 31.8 Å². The molecule has 0 spiro atoms. The summed E-state index contributed by atoms with van der Waals surface area (Å²) in [5.74, 6) is -1.18. The molecule has 1 atom stereocenters. The van der Waals surface area contributed by atoms with Crippen LogP contribution in [0, 0.1) is 11.7 Å². The second-order valence-corrected chi connectivity index (χ2v) is 6.46. The molecule has 156 valence electrons. The number of pyridine rings is 1. The Morgan fingerprint density at radius 1 is 1.31 bits per heavy atom. The predicted octanol–water partition coefficient (Wildman–Crippen LogP) is 2.00. The average Bonchev–Trinajstić information content (AvgIpc) is 2.71. The van der Waals surface area contributed by atoms with E-state index >= 15 is 0 Å². The number of nitrogens with one attached hydrogen (secondary N) is 3. The molecule has 0 aromatic carbocycles. The van der Waals surface area contributed by atoms with Gasteiger partial charge in [-0.2, -0.15) is 0 Å². The number of ether oxygens (including phenoxy) is 1. The van der Waals surface area contributed by atoms with Crippen LogP contribution in [0.1, 0.15) is 19.0 Å². The lowest BCUT2D eigenvalue weighted by Crippen LogP contribution is -2.30. The monoisotopic (exact) mass is 424 g/mol. The molecule has 2 rings (SSSR count). The van der Waals surface area contributed by atoms with Crippen molar-refractivity contribution in [3.8, 4) is 0 Å². The number of halogens is 2. The first kappa shape index (κ1) is 22.4. The summed E-state index contributed by atoms with van der Waals surface area (Å²) in [4.78, 5) is 35.4. The van der Waals surface area contributed by atoms with Gasteiger partial charge in [-0.3, -0.25) is 14.6 Å². The molecule has 2 aromatic rings. The first-order valence-corrected chi connectivity index (χ1v) is 9.22. The van der Waals surface area contributed by atoms with Gasteiger partial charge in [0.25, 0.3) is 0 Å². The van der Waals surface area contributed by atoms with Crippen LogP contribution in [0.5, 0.6) is 0 Å². The lowest BCUT2D eigenvalue weighted by Gasteiger charge is -2.13. The molecule has 2 heterocycles. The van der Waals surface area contributed by atoms with Gasteiger partial charge in [0.05, 0.1) is 25.3 Å². The minimum Gasteiger partial charge on any atom is -0.469 e. The summed E-state index contributed by atoms with van der Waals surface area (Å²) in [5.41, 5.74) is 0.391. The van der Waals surface area contributed by atoms with Gasteiger partial charge in [-0.25, -0.2) is 14.4 Å². The van der Waals surface area contributed by atoms with E-state index in [4.69, 9.17) is 11.6 Å². The predicted molar refractivity (Wildman–Crippen MR) is 106 cm³/mol. The van der Waals surface area contributed by atoms with Crippen LogP contribution in [-0.2, 0) is 20.9 Å². The summed E-state index contributed by atoms with van der Waals surface area (Å²) in [6, 6.07) is 2.79. The van der Waals surface area contributed by atoms with E-state index in [1.807, 2.05) is 0 Å². The van der Waals surface area contributed by atoms with Crippen molar-refractivity contribution < 1.29 is 18.7 Å². The zero-order valence-electron chi connectivity index (χ0n) is 16.0. The Hall–Kier alpha value is -2.85. The third kappa shape index (κ3) is 6.91. The summed E-state index contributed by atoms with van der Waals surface area (Å²) in [6.45, 7) is 2.51. The summed E-state index contributed by atoms with van der Waals surface area (Å²) in [6.07, 6.45) is 2.84. The smallest absolute Gasteiger partial charge is 0.309 e. The van der Waals surface area contributed by atoms with Crippen LogP contribution in [0.25, 0.3) is 0 Å². The molecule has 0 fully saturated rings. The number of carbonyl (C=O) groups excluding carboxylic acids is 2. The fourth-order valence-corrected chi connectivity index (χ4v) is 2.51. The Balaban J connectivity index is 1.90. The van der Waals surface area contributed by atoms with Crippen LogP contribution < -0.4 is 16.0 Å². The molecular weight excluding hydrogens is 403 g/mol. The zero-order chi connectivity index (χ0) is 21.2. The Labute approximate surface area is 172 Å². The van der Waals surface area contributed by atoms with Gasteiger partial charge in [0.1, 0.15) is 17.8 Å². The van der Waals surface area contributed by atoms with Gasteiger partial charge in [0.15, 0.2) is 11.0 Å². The normalized spacial score (nSPS) is 11.6. The van der Waals surface area contributed by atoms with Crippen molar-refractivity contribution in [2.24, 2.45) is 5.92 Å². The largest absolute Gasteiger partial charge is 0.469 e. The van der Waals surface area contributed by atoms with E-state index in [-0.39, 0.29) is 53.1 Å². The highest BCUT2D eigenvalue weighted by Gasteiger charge is 2.15. The second-order valence-electron chi connectivity index (χ2n) is 6.10.